The molecule has 0 aliphatic rings. The van der Waals surface area contributed by atoms with E-state index in [2.05, 4.69) is 5.32 Å². The number of hydrogen-bond donors (Lipinski definition) is 2. The molecular weight excluding hydrogens is 446 g/mol. The number of carboxylic acids is 1. The average Bonchev–Trinajstić information content (AvgIpc) is 3.28. The second kappa shape index (κ2) is 8.95. The van der Waals surface area contributed by atoms with Gasteiger partial charge in [-0.1, -0.05) is 60.7 Å². The molecule has 2 aromatic heterocycles. The second-order valence-corrected chi connectivity index (χ2v) is 8.28. The standard InChI is InChI=1S/C28H21NO6/c1-16-19-12-21-22(17-8-4-2-5-9-17)15-34-23(21)14-24(19)35-28(33)20(16)13-25(30)29-26(27(31)32)18-10-6-3-7-11-18/h2-12,14-15,26H,13H2,1H3,(H,29,30)(H,31,32)/t26-/m1/s1. The zero-order chi connectivity index (χ0) is 24.5. The third-order valence-corrected chi connectivity index (χ3v) is 6.09. The van der Waals surface area contributed by atoms with Gasteiger partial charge in [0, 0.05) is 22.4 Å². The smallest absolute Gasteiger partial charge is 0.340 e. The summed E-state index contributed by atoms with van der Waals surface area (Å²) in [5.74, 6) is -1.78. The molecule has 5 aromatic rings. The van der Waals surface area contributed by atoms with Crippen molar-refractivity contribution < 1.29 is 23.5 Å². The summed E-state index contributed by atoms with van der Waals surface area (Å²) < 4.78 is 11.2. The maximum atomic E-state index is 12.8. The Morgan fingerprint density at radius 1 is 0.943 bits per heavy atom. The van der Waals surface area contributed by atoms with E-state index in [4.69, 9.17) is 8.83 Å². The lowest BCUT2D eigenvalue weighted by molar-refractivity contribution is -0.142. The lowest BCUT2D eigenvalue weighted by Gasteiger charge is -2.15. The monoisotopic (exact) mass is 467 g/mol. The summed E-state index contributed by atoms with van der Waals surface area (Å²) in [6.07, 6.45) is 1.35. The van der Waals surface area contributed by atoms with Gasteiger partial charge in [-0.3, -0.25) is 4.79 Å². The van der Waals surface area contributed by atoms with Gasteiger partial charge in [0.1, 0.15) is 11.2 Å². The SMILES string of the molecule is Cc1c(CC(=O)N[C@@H](C(=O)O)c2ccccc2)c(=O)oc2cc3occ(-c4ccccc4)c3cc12. The maximum Gasteiger partial charge on any atom is 0.340 e. The molecule has 0 saturated heterocycles. The minimum absolute atomic E-state index is 0.177. The Hall–Kier alpha value is -4.65. The van der Waals surface area contributed by atoms with Gasteiger partial charge in [-0.05, 0) is 29.7 Å². The molecule has 7 nitrogen and oxygen atoms in total. The topological polar surface area (TPSA) is 110 Å². The first-order valence-corrected chi connectivity index (χ1v) is 11.0. The minimum atomic E-state index is -1.23. The number of amides is 1. The van der Waals surface area contributed by atoms with Gasteiger partial charge in [0.15, 0.2) is 6.04 Å². The third kappa shape index (κ3) is 4.19. The summed E-state index contributed by atoms with van der Waals surface area (Å²) >= 11 is 0. The molecular formula is C28H21NO6. The number of furan rings is 1. The van der Waals surface area contributed by atoms with Gasteiger partial charge in [0.05, 0.1) is 18.2 Å². The van der Waals surface area contributed by atoms with Crippen molar-refractivity contribution in [3.63, 3.8) is 0 Å². The van der Waals surface area contributed by atoms with Crippen LogP contribution in [0, 0.1) is 6.92 Å². The molecule has 3 aromatic carbocycles. The molecule has 5 rings (SSSR count). The molecule has 0 radical (unpaired) electrons. The maximum absolute atomic E-state index is 12.8. The van der Waals surface area contributed by atoms with E-state index in [1.165, 1.54) is 0 Å². The van der Waals surface area contributed by atoms with Crippen molar-refractivity contribution >= 4 is 33.8 Å². The van der Waals surface area contributed by atoms with Crippen LogP contribution in [0.1, 0.15) is 22.7 Å². The fourth-order valence-electron chi connectivity index (χ4n) is 4.26. The van der Waals surface area contributed by atoms with Crippen molar-refractivity contribution in [3.05, 3.63) is 106 Å². The molecule has 0 aliphatic carbocycles. The van der Waals surface area contributed by atoms with Crippen LogP contribution in [0.5, 0.6) is 0 Å². The Bertz CT molecular complexity index is 1620. The molecule has 1 atom stereocenters. The highest BCUT2D eigenvalue weighted by Crippen LogP contribution is 2.34. The predicted octanol–water partition coefficient (Wildman–Crippen LogP) is 5.00. The predicted molar refractivity (Wildman–Crippen MR) is 131 cm³/mol. The Morgan fingerprint density at radius 2 is 1.63 bits per heavy atom. The Labute approximate surface area is 199 Å². The summed E-state index contributed by atoms with van der Waals surface area (Å²) in [4.78, 5) is 37.3. The number of aryl methyl sites for hydroxylation is 1. The summed E-state index contributed by atoms with van der Waals surface area (Å²) in [5, 5.41) is 13.6. The van der Waals surface area contributed by atoms with E-state index in [1.54, 1.807) is 49.6 Å². The normalized spacial score (nSPS) is 12.0. The average molecular weight is 467 g/mol. The number of hydrogen-bond acceptors (Lipinski definition) is 5. The van der Waals surface area contributed by atoms with Crippen LogP contribution in [-0.4, -0.2) is 17.0 Å². The summed E-state index contributed by atoms with van der Waals surface area (Å²) in [7, 11) is 0. The number of aliphatic carboxylic acids is 1. The number of nitrogens with one attached hydrogen (secondary N) is 1. The number of fused-ring (bicyclic) bond motifs is 2. The van der Waals surface area contributed by atoms with Crippen LogP contribution in [0.3, 0.4) is 0 Å². The van der Waals surface area contributed by atoms with E-state index in [0.29, 0.717) is 27.7 Å². The van der Waals surface area contributed by atoms with E-state index in [1.807, 2.05) is 36.4 Å². The number of rotatable bonds is 6. The summed E-state index contributed by atoms with van der Waals surface area (Å²) in [6, 6.07) is 20.5. The van der Waals surface area contributed by atoms with Crippen molar-refractivity contribution in [3.8, 4) is 11.1 Å². The molecule has 0 fully saturated rings. The van der Waals surface area contributed by atoms with Crippen LogP contribution >= 0.6 is 0 Å². The highest BCUT2D eigenvalue weighted by Gasteiger charge is 2.24. The zero-order valence-corrected chi connectivity index (χ0v) is 18.8. The van der Waals surface area contributed by atoms with Gasteiger partial charge in [0.2, 0.25) is 5.91 Å². The molecule has 1 amide bonds. The molecule has 0 saturated carbocycles. The van der Waals surface area contributed by atoms with Crippen LogP contribution in [0.15, 0.2) is 92.7 Å². The van der Waals surface area contributed by atoms with E-state index >= 15 is 0 Å². The third-order valence-electron chi connectivity index (χ3n) is 6.09. The lowest BCUT2D eigenvalue weighted by Crippen LogP contribution is -2.35. The highest BCUT2D eigenvalue weighted by atomic mass is 16.4. The Morgan fingerprint density at radius 3 is 2.31 bits per heavy atom. The number of benzene rings is 3. The first kappa shape index (κ1) is 22.2. The summed E-state index contributed by atoms with van der Waals surface area (Å²) in [5.41, 5.74) is 3.39. The van der Waals surface area contributed by atoms with E-state index in [-0.39, 0.29) is 12.0 Å². The van der Waals surface area contributed by atoms with Gasteiger partial charge < -0.3 is 19.3 Å². The van der Waals surface area contributed by atoms with Crippen LogP contribution in [0.25, 0.3) is 33.1 Å². The van der Waals surface area contributed by atoms with Crippen molar-refractivity contribution in [1.82, 2.24) is 5.32 Å². The van der Waals surface area contributed by atoms with Gasteiger partial charge in [-0.15, -0.1) is 0 Å². The fourth-order valence-corrected chi connectivity index (χ4v) is 4.26. The molecule has 2 heterocycles. The van der Waals surface area contributed by atoms with E-state index < -0.39 is 23.5 Å². The van der Waals surface area contributed by atoms with Gasteiger partial charge in [-0.2, -0.15) is 0 Å². The molecule has 0 spiro atoms. The molecule has 174 valence electrons. The van der Waals surface area contributed by atoms with E-state index in [9.17, 15) is 19.5 Å². The van der Waals surface area contributed by atoms with Gasteiger partial charge in [0.25, 0.3) is 0 Å². The van der Waals surface area contributed by atoms with Gasteiger partial charge in [-0.25, -0.2) is 9.59 Å². The fraction of sp³-hybridized carbons (Fsp3) is 0.107. The lowest BCUT2D eigenvalue weighted by atomic mass is 9.99. The van der Waals surface area contributed by atoms with Crippen LogP contribution in [0.2, 0.25) is 0 Å². The molecule has 0 bridgehead atoms. The number of carboxylic acid groups (broad SMARTS) is 1. The molecule has 0 aliphatic heterocycles. The van der Waals surface area contributed by atoms with Crippen molar-refractivity contribution in [1.29, 1.82) is 0 Å². The highest BCUT2D eigenvalue weighted by molar-refractivity contribution is 6.02. The van der Waals surface area contributed by atoms with Crippen molar-refractivity contribution in [2.24, 2.45) is 0 Å². The first-order chi connectivity index (χ1) is 16.9. The molecule has 35 heavy (non-hydrogen) atoms. The van der Waals surface area contributed by atoms with Gasteiger partial charge >= 0.3 is 11.6 Å². The second-order valence-electron chi connectivity index (χ2n) is 8.28. The van der Waals surface area contributed by atoms with Crippen LogP contribution in [0.4, 0.5) is 0 Å². The first-order valence-electron chi connectivity index (χ1n) is 11.0. The quantitative estimate of drug-likeness (QED) is 0.340. The van der Waals surface area contributed by atoms with E-state index in [0.717, 1.165) is 16.5 Å². The van der Waals surface area contributed by atoms with Crippen LogP contribution in [-0.2, 0) is 16.0 Å². The Kier molecular flexibility index (Phi) is 5.66. The summed E-state index contributed by atoms with van der Waals surface area (Å²) in [6.45, 7) is 1.75. The van der Waals surface area contributed by atoms with Crippen molar-refractivity contribution in [2.75, 3.05) is 0 Å². The minimum Gasteiger partial charge on any atom is -0.479 e. The van der Waals surface area contributed by atoms with Crippen LogP contribution < -0.4 is 10.9 Å². The molecule has 0 unspecified atom stereocenters. The molecule has 2 N–H and O–H groups in total. The largest absolute Gasteiger partial charge is 0.479 e. The zero-order valence-electron chi connectivity index (χ0n) is 18.8. The number of carbonyl (C=O) groups is 2. The number of carbonyl (C=O) groups excluding carboxylic acids is 1. The Balaban J connectivity index is 1.51. The molecule has 7 heteroatoms. The van der Waals surface area contributed by atoms with Crippen molar-refractivity contribution in [2.45, 2.75) is 19.4 Å².